The highest BCUT2D eigenvalue weighted by Gasteiger charge is 2.13. The summed E-state index contributed by atoms with van der Waals surface area (Å²) >= 11 is 4.51. The molecule has 4 aromatic heterocycles. The molecule has 0 unspecified atom stereocenters. The molecule has 0 aliphatic carbocycles. The van der Waals surface area contributed by atoms with E-state index in [1.54, 1.807) is 22.7 Å². The summed E-state index contributed by atoms with van der Waals surface area (Å²) in [5.74, 6) is 2.16. The standard InChI is InChI=1S/C13H8N4O2S3/c1-3-8(20-5-1)11-14-10(19-17-11)7-22-13-16-15-12(18-13)9-4-2-6-21-9/h1-6H,7H2. The van der Waals surface area contributed by atoms with Gasteiger partial charge in [0.2, 0.25) is 11.7 Å². The van der Waals surface area contributed by atoms with Gasteiger partial charge in [0, 0.05) is 0 Å². The van der Waals surface area contributed by atoms with E-state index in [1.165, 1.54) is 11.8 Å². The van der Waals surface area contributed by atoms with E-state index in [9.17, 15) is 0 Å². The van der Waals surface area contributed by atoms with Crippen LogP contribution in [0, 0.1) is 0 Å². The Kier molecular flexibility index (Phi) is 3.75. The zero-order chi connectivity index (χ0) is 14.8. The first kappa shape index (κ1) is 13.7. The van der Waals surface area contributed by atoms with Crippen LogP contribution in [0.3, 0.4) is 0 Å². The molecular weight excluding hydrogens is 340 g/mol. The van der Waals surface area contributed by atoms with Gasteiger partial charge in [-0.25, -0.2) is 0 Å². The van der Waals surface area contributed by atoms with Crippen LogP contribution in [0.1, 0.15) is 5.89 Å². The normalized spacial score (nSPS) is 11.1. The molecule has 4 aromatic rings. The van der Waals surface area contributed by atoms with E-state index >= 15 is 0 Å². The molecule has 0 atom stereocenters. The lowest BCUT2D eigenvalue weighted by molar-refractivity contribution is 0.391. The Bertz CT molecular complexity index is 779. The number of thiophene rings is 2. The number of aromatic nitrogens is 4. The van der Waals surface area contributed by atoms with Crippen LogP contribution in [-0.2, 0) is 5.75 Å². The van der Waals surface area contributed by atoms with E-state index < -0.39 is 0 Å². The number of rotatable bonds is 5. The Morgan fingerprint density at radius 3 is 2.64 bits per heavy atom. The van der Waals surface area contributed by atoms with Crippen LogP contribution >= 0.6 is 34.4 Å². The Labute approximate surface area is 137 Å². The molecule has 22 heavy (non-hydrogen) atoms. The summed E-state index contributed by atoms with van der Waals surface area (Å²) in [4.78, 5) is 6.29. The van der Waals surface area contributed by atoms with Crippen molar-refractivity contribution in [3.63, 3.8) is 0 Å². The van der Waals surface area contributed by atoms with E-state index in [-0.39, 0.29) is 0 Å². The zero-order valence-electron chi connectivity index (χ0n) is 11.0. The van der Waals surface area contributed by atoms with E-state index in [0.717, 1.165) is 9.75 Å². The molecule has 0 saturated carbocycles. The van der Waals surface area contributed by atoms with Gasteiger partial charge in [-0.3, -0.25) is 0 Å². The van der Waals surface area contributed by atoms with Gasteiger partial charge in [0.05, 0.1) is 15.5 Å². The minimum Gasteiger partial charge on any atom is -0.410 e. The zero-order valence-corrected chi connectivity index (χ0v) is 13.5. The van der Waals surface area contributed by atoms with Crippen molar-refractivity contribution in [2.45, 2.75) is 11.0 Å². The van der Waals surface area contributed by atoms with Crippen molar-refractivity contribution in [2.24, 2.45) is 0 Å². The van der Waals surface area contributed by atoms with E-state index in [2.05, 4.69) is 20.3 Å². The van der Waals surface area contributed by atoms with Crippen LogP contribution in [0.2, 0.25) is 0 Å². The first-order valence-corrected chi connectivity index (χ1v) is 8.99. The van der Waals surface area contributed by atoms with Gasteiger partial charge < -0.3 is 8.94 Å². The third-order valence-corrected chi connectivity index (χ3v) is 5.19. The summed E-state index contributed by atoms with van der Waals surface area (Å²) in [7, 11) is 0. The van der Waals surface area contributed by atoms with Crippen molar-refractivity contribution in [3.8, 4) is 21.5 Å². The smallest absolute Gasteiger partial charge is 0.277 e. The van der Waals surface area contributed by atoms with Gasteiger partial charge >= 0.3 is 0 Å². The van der Waals surface area contributed by atoms with Crippen LogP contribution < -0.4 is 0 Å². The Hall–Kier alpha value is -1.97. The predicted octanol–water partition coefficient (Wildman–Crippen LogP) is 4.20. The van der Waals surface area contributed by atoms with E-state index in [0.29, 0.717) is 28.6 Å². The van der Waals surface area contributed by atoms with Crippen molar-refractivity contribution in [1.82, 2.24) is 20.3 Å². The number of hydrogen-bond donors (Lipinski definition) is 0. The summed E-state index contributed by atoms with van der Waals surface area (Å²) in [6, 6.07) is 7.80. The second kappa shape index (κ2) is 6.03. The highest BCUT2D eigenvalue weighted by molar-refractivity contribution is 7.98. The molecule has 4 heterocycles. The van der Waals surface area contributed by atoms with Gasteiger partial charge in [-0.05, 0) is 22.9 Å². The molecule has 110 valence electrons. The third kappa shape index (κ3) is 2.82. The van der Waals surface area contributed by atoms with Gasteiger partial charge in [0.25, 0.3) is 11.1 Å². The molecule has 0 spiro atoms. The molecule has 0 aliphatic rings. The van der Waals surface area contributed by atoms with Crippen LogP contribution in [0.25, 0.3) is 21.5 Å². The second-order valence-electron chi connectivity index (χ2n) is 4.13. The van der Waals surface area contributed by atoms with E-state index in [4.69, 9.17) is 8.94 Å². The average Bonchev–Trinajstić information content (AvgIpc) is 3.33. The first-order valence-electron chi connectivity index (χ1n) is 6.25. The van der Waals surface area contributed by atoms with Crippen LogP contribution in [-0.4, -0.2) is 20.3 Å². The SMILES string of the molecule is c1csc(-c2noc(CSc3nnc(-c4cccs4)o3)n2)c1. The first-order chi connectivity index (χ1) is 10.9. The van der Waals surface area contributed by atoms with Crippen LogP contribution in [0.5, 0.6) is 0 Å². The molecular formula is C13H8N4O2S3. The second-order valence-corrected chi connectivity index (χ2v) is 6.95. The molecule has 0 aliphatic heterocycles. The third-order valence-electron chi connectivity index (χ3n) is 2.67. The van der Waals surface area contributed by atoms with Gasteiger partial charge in [-0.2, -0.15) is 4.98 Å². The minimum atomic E-state index is 0.485. The fourth-order valence-corrected chi connectivity index (χ4v) is 3.60. The lowest BCUT2D eigenvalue weighted by atomic mass is 10.4. The highest BCUT2D eigenvalue weighted by atomic mass is 32.2. The molecule has 0 bridgehead atoms. The average molecular weight is 348 g/mol. The topological polar surface area (TPSA) is 77.8 Å². The van der Waals surface area contributed by atoms with Gasteiger partial charge in [-0.15, -0.1) is 32.9 Å². The summed E-state index contributed by atoms with van der Waals surface area (Å²) in [6.07, 6.45) is 0. The van der Waals surface area contributed by atoms with Crippen molar-refractivity contribution in [3.05, 3.63) is 40.9 Å². The maximum absolute atomic E-state index is 5.59. The van der Waals surface area contributed by atoms with Crippen molar-refractivity contribution in [1.29, 1.82) is 0 Å². The molecule has 0 fully saturated rings. The summed E-state index contributed by atoms with van der Waals surface area (Å²) < 4.78 is 10.8. The van der Waals surface area contributed by atoms with Crippen LogP contribution in [0.4, 0.5) is 0 Å². The Balaban J connectivity index is 1.43. The molecule has 0 radical (unpaired) electrons. The monoisotopic (exact) mass is 348 g/mol. The molecule has 4 rings (SSSR count). The largest absolute Gasteiger partial charge is 0.410 e. The maximum Gasteiger partial charge on any atom is 0.277 e. The maximum atomic E-state index is 5.59. The summed E-state index contributed by atoms with van der Waals surface area (Å²) in [5.41, 5.74) is 0. The lowest BCUT2D eigenvalue weighted by Gasteiger charge is -1.89. The predicted molar refractivity (Wildman–Crippen MR) is 84.8 cm³/mol. The van der Waals surface area contributed by atoms with Gasteiger partial charge in [-0.1, -0.05) is 29.1 Å². The number of thioether (sulfide) groups is 1. The Morgan fingerprint density at radius 2 is 1.86 bits per heavy atom. The molecule has 0 aromatic carbocycles. The summed E-state index contributed by atoms with van der Waals surface area (Å²) in [5, 5.41) is 16.4. The van der Waals surface area contributed by atoms with Crippen LogP contribution in [0.15, 0.2) is 49.2 Å². The lowest BCUT2D eigenvalue weighted by Crippen LogP contribution is -1.81. The van der Waals surface area contributed by atoms with Gasteiger partial charge in [0.1, 0.15) is 0 Å². The van der Waals surface area contributed by atoms with Gasteiger partial charge in [0.15, 0.2) is 0 Å². The Morgan fingerprint density at radius 1 is 1.05 bits per heavy atom. The van der Waals surface area contributed by atoms with Crippen molar-refractivity contribution in [2.75, 3.05) is 0 Å². The molecule has 6 nitrogen and oxygen atoms in total. The molecule has 0 amide bonds. The number of hydrogen-bond acceptors (Lipinski definition) is 9. The van der Waals surface area contributed by atoms with Crippen molar-refractivity contribution < 1.29 is 8.94 Å². The fraction of sp³-hybridized carbons (Fsp3) is 0.0769. The van der Waals surface area contributed by atoms with E-state index in [1.807, 2.05) is 35.0 Å². The minimum absolute atomic E-state index is 0.485. The molecule has 0 saturated heterocycles. The number of nitrogens with zero attached hydrogens (tertiary/aromatic N) is 4. The fourth-order valence-electron chi connectivity index (χ4n) is 1.71. The highest BCUT2D eigenvalue weighted by Crippen LogP contribution is 2.28. The summed E-state index contributed by atoms with van der Waals surface area (Å²) in [6.45, 7) is 0. The molecule has 0 N–H and O–H groups in total. The van der Waals surface area contributed by atoms with Crippen molar-refractivity contribution >= 4 is 34.4 Å². The molecule has 9 heteroatoms. The quantitative estimate of drug-likeness (QED) is 0.500.